The van der Waals surface area contributed by atoms with Crippen molar-refractivity contribution in [1.29, 1.82) is 0 Å². The highest BCUT2D eigenvalue weighted by molar-refractivity contribution is 6.00. The molecule has 3 unspecified atom stereocenters. The Morgan fingerprint density at radius 2 is 1.90 bits per heavy atom. The highest BCUT2D eigenvalue weighted by atomic mass is 16.5. The fourth-order valence-corrected chi connectivity index (χ4v) is 3.71. The summed E-state index contributed by atoms with van der Waals surface area (Å²) in [5.41, 5.74) is 0.530. The van der Waals surface area contributed by atoms with Crippen molar-refractivity contribution in [1.82, 2.24) is 10.2 Å². The molecule has 3 rings (SSSR count). The third-order valence-electron chi connectivity index (χ3n) is 4.66. The van der Waals surface area contributed by atoms with Crippen LogP contribution in [0.1, 0.15) is 23.7 Å². The van der Waals surface area contributed by atoms with Crippen LogP contribution in [0.3, 0.4) is 0 Å². The Hall–Kier alpha value is -1.75. The second-order valence-corrected chi connectivity index (χ2v) is 5.82. The number of nitrogens with one attached hydrogen (secondary N) is 1. The third-order valence-corrected chi connectivity index (χ3v) is 4.66. The lowest BCUT2D eigenvalue weighted by atomic mass is 10.0. The summed E-state index contributed by atoms with van der Waals surface area (Å²) in [5.74, 6) is 1.71. The van der Waals surface area contributed by atoms with Crippen molar-refractivity contribution in [2.75, 3.05) is 27.3 Å². The highest BCUT2D eigenvalue weighted by Crippen LogP contribution is 2.37. The maximum absolute atomic E-state index is 13.1. The molecule has 2 heterocycles. The SMILES string of the molecule is COc1cccc(OC)c1C(=O)N1C(C)CC2CNCC21. The number of carbonyl (C=O) groups excluding carboxylic acids is 1. The quantitative estimate of drug-likeness (QED) is 0.917. The smallest absolute Gasteiger partial charge is 0.261 e. The third kappa shape index (κ3) is 2.25. The summed E-state index contributed by atoms with van der Waals surface area (Å²) in [6, 6.07) is 5.98. The average Bonchev–Trinajstić information content (AvgIpc) is 3.05. The van der Waals surface area contributed by atoms with Gasteiger partial charge in [-0.1, -0.05) is 6.07 Å². The van der Waals surface area contributed by atoms with E-state index in [0.717, 1.165) is 19.5 Å². The number of methoxy groups -OCH3 is 2. The van der Waals surface area contributed by atoms with Crippen LogP contribution in [0.2, 0.25) is 0 Å². The van der Waals surface area contributed by atoms with E-state index in [1.54, 1.807) is 26.4 Å². The molecule has 0 radical (unpaired) electrons. The summed E-state index contributed by atoms with van der Waals surface area (Å²) < 4.78 is 10.7. The van der Waals surface area contributed by atoms with Gasteiger partial charge in [-0.25, -0.2) is 0 Å². The zero-order chi connectivity index (χ0) is 15.0. The van der Waals surface area contributed by atoms with Crippen LogP contribution in [-0.4, -0.2) is 50.2 Å². The van der Waals surface area contributed by atoms with E-state index in [0.29, 0.717) is 23.0 Å². The van der Waals surface area contributed by atoms with Crippen LogP contribution < -0.4 is 14.8 Å². The van der Waals surface area contributed by atoms with Gasteiger partial charge in [-0.3, -0.25) is 4.79 Å². The molecule has 1 aromatic rings. The summed E-state index contributed by atoms with van der Waals surface area (Å²) in [7, 11) is 3.16. The maximum Gasteiger partial charge on any atom is 0.261 e. The summed E-state index contributed by atoms with van der Waals surface area (Å²) in [6.45, 7) is 4.00. The number of benzene rings is 1. The molecular formula is C16H22N2O3. The first-order valence-electron chi connectivity index (χ1n) is 7.41. The number of ether oxygens (including phenoxy) is 2. The van der Waals surface area contributed by atoms with Crippen LogP contribution in [0.4, 0.5) is 0 Å². The minimum absolute atomic E-state index is 0.00741. The fourth-order valence-electron chi connectivity index (χ4n) is 3.71. The summed E-state index contributed by atoms with van der Waals surface area (Å²) in [6.07, 6.45) is 1.06. The number of carbonyl (C=O) groups is 1. The topological polar surface area (TPSA) is 50.8 Å². The summed E-state index contributed by atoms with van der Waals surface area (Å²) in [5, 5.41) is 3.38. The first kappa shape index (κ1) is 14.2. The molecule has 3 atom stereocenters. The van der Waals surface area contributed by atoms with Gasteiger partial charge in [-0.15, -0.1) is 0 Å². The Bertz CT molecular complexity index is 524. The van der Waals surface area contributed by atoms with Crippen molar-refractivity contribution in [3.05, 3.63) is 23.8 Å². The van der Waals surface area contributed by atoms with E-state index in [-0.39, 0.29) is 18.0 Å². The van der Waals surface area contributed by atoms with Crippen molar-refractivity contribution in [3.63, 3.8) is 0 Å². The number of amides is 1. The monoisotopic (exact) mass is 290 g/mol. The Balaban J connectivity index is 1.98. The second-order valence-electron chi connectivity index (χ2n) is 5.82. The summed E-state index contributed by atoms with van der Waals surface area (Å²) in [4.78, 5) is 15.1. The van der Waals surface area contributed by atoms with Crippen molar-refractivity contribution in [3.8, 4) is 11.5 Å². The molecule has 0 saturated carbocycles. The van der Waals surface area contributed by atoms with Gasteiger partial charge in [0.15, 0.2) is 0 Å². The van der Waals surface area contributed by atoms with Gasteiger partial charge in [0.2, 0.25) is 0 Å². The lowest BCUT2D eigenvalue weighted by molar-refractivity contribution is 0.0675. The standard InChI is InChI=1S/C16H22N2O3/c1-10-7-11-8-17-9-12(11)18(10)16(19)15-13(20-2)5-4-6-14(15)21-3/h4-6,10-12,17H,7-9H2,1-3H3. The van der Waals surface area contributed by atoms with E-state index in [9.17, 15) is 4.79 Å². The molecule has 2 aliphatic rings. The number of hydrogen-bond acceptors (Lipinski definition) is 4. The number of nitrogens with zero attached hydrogens (tertiary/aromatic N) is 1. The van der Waals surface area contributed by atoms with Crippen LogP contribution in [0.15, 0.2) is 18.2 Å². The van der Waals surface area contributed by atoms with Crippen LogP contribution >= 0.6 is 0 Å². The number of hydrogen-bond donors (Lipinski definition) is 1. The van der Waals surface area contributed by atoms with Crippen molar-refractivity contribution in [2.24, 2.45) is 5.92 Å². The minimum atomic E-state index is 0.00741. The molecule has 1 amide bonds. The second kappa shape index (κ2) is 5.56. The fraction of sp³-hybridized carbons (Fsp3) is 0.562. The van der Waals surface area contributed by atoms with E-state index >= 15 is 0 Å². The molecule has 1 aromatic carbocycles. The normalized spacial score (nSPS) is 27.6. The molecule has 1 N–H and O–H groups in total. The van der Waals surface area contributed by atoms with Gasteiger partial charge in [0.1, 0.15) is 17.1 Å². The predicted molar refractivity (Wildman–Crippen MR) is 79.9 cm³/mol. The molecule has 0 aromatic heterocycles. The number of likely N-dealkylation sites (tertiary alicyclic amines) is 1. The number of fused-ring (bicyclic) bond motifs is 1. The van der Waals surface area contributed by atoms with Crippen molar-refractivity contribution >= 4 is 5.91 Å². The van der Waals surface area contributed by atoms with Gasteiger partial charge in [0.05, 0.1) is 14.2 Å². The molecular weight excluding hydrogens is 268 g/mol. The number of rotatable bonds is 3. The summed E-state index contributed by atoms with van der Waals surface area (Å²) >= 11 is 0. The minimum Gasteiger partial charge on any atom is -0.496 e. The molecule has 5 nitrogen and oxygen atoms in total. The zero-order valence-electron chi connectivity index (χ0n) is 12.8. The van der Waals surface area contributed by atoms with Crippen molar-refractivity contribution < 1.29 is 14.3 Å². The largest absolute Gasteiger partial charge is 0.496 e. The molecule has 21 heavy (non-hydrogen) atoms. The molecule has 2 saturated heterocycles. The van der Waals surface area contributed by atoms with E-state index in [4.69, 9.17) is 9.47 Å². The van der Waals surface area contributed by atoms with Gasteiger partial charge < -0.3 is 19.7 Å². The Morgan fingerprint density at radius 3 is 2.52 bits per heavy atom. The molecule has 0 bridgehead atoms. The van der Waals surface area contributed by atoms with Gasteiger partial charge >= 0.3 is 0 Å². The Kier molecular flexibility index (Phi) is 3.76. The molecule has 2 fully saturated rings. The van der Waals surface area contributed by atoms with Crippen LogP contribution in [0.25, 0.3) is 0 Å². The van der Waals surface area contributed by atoms with Gasteiger partial charge in [0, 0.05) is 25.2 Å². The first-order valence-corrected chi connectivity index (χ1v) is 7.41. The molecule has 5 heteroatoms. The lowest BCUT2D eigenvalue weighted by Crippen LogP contribution is -2.43. The van der Waals surface area contributed by atoms with E-state index in [1.807, 2.05) is 11.0 Å². The lowest BCUT2D eigenvalue weighted by Gasteiger charge is -2.28. The van der Waals surface area contributed by atoms with Crippen molar-refractivity contribution in [2.45, 2.75) is 25.4 Å². The molecule has 0 spiro atoms. The highest BCUT2D eigenvalue weighted by Gasteiger charge is 2.45. The Morgan fingerprint density at radius 1 is 1.24 bits per heavy atom. The van der Waals surface area contributed by atoms with Crippen LogP contribution in [0, 0.1) is 5.92 Å². The zero-order valence-corrected chi connectivity index (χ0v) is 12.8. The maximum atomic E-state index is 13.1. The van der Waals surface area contributed by atoms with E-state index < -0.39 is 0 Å². The van der Waals surface area contributed by atoms with E-state index in [2.05, 4.69) is 12.2 Å². The molecule has 2 aliphatic heterocycles. The van der Waals surface area contributed by atoms with Crippen LogP contribution in [0.5, 0.6) is 11.5 Å². The molecule has 0 aliphatic carbocycles. The average molecular weight is 290 g/mol. The Labute approximate surface area is 125 Å². The predicted octanol–water partition coefficient (Wildman–Crippen LogP) is 1.53. The van der Waals surface area contributed by atoms with Crippen LogP contribution in [-0.2, 0) is 0 Å². The van der Waals surface area contributed by atoms with Gasteiger partial charge in [-0.2, -0.15) is 0 Å². The molecule has 114 valence electrons. The first-order chi connectivity index (χ1) is 10.2. The van der Waals surface area contributed by atoms with Gasteiger partial charge in [0.25, 0.3) is 5.91 Å². The van der Waals surface area contributed by atoms with E-state index in [1.165, 1.54) is 0 Å². The van der Waals surface area contributed by atoms with Gasteiger partial charge in [-0.05, 0) is 31.4 Å².